The van der Waals surface area contributed by atoms with Crippen molar-refractivity contribution in [3.63, 3.8) is 0 Å². The van der Waals surface area contributed by atoms with Crippen molar-refractivity contribution in [1.29, 1.82) is 0 Å². The van der Waals surface area contributed by atoms with Gasteiger partial charge in [-0.05, 0) is 18.9 Å². The number of aryl methyl sites for hydroxylation is 1. The summed E-state index contributed by atoms with van der Waals surface area (Å²) in [6, 6.07) is 10.1. The van der Waals surface area contributed by atoms with Crippen LogP contribution in [0, 0.1) is 0 Å². The molecule has 1 aromatic carbocycles. The normalized spacial score (nSPS) is 12.1. The monoisotopic (exact) mass is 289 g/mol. The van der Waals surface area contributed by atoms with Gasteiger partial charge in [0.2, 0.25) is 5.91 Å². The van der Waals surface area contributed by atoms with Gasteiger partial charge in [-0.2, -0.15) is 0 Å². The van der Waals surface area contributed by atoms with Gasteiger partial charge >= 0.3 is 0 Å². The van der Waals surface area contributed by atoms with Crippen LogP contribution in [0.15, 0.2) is 47.9 Å². The predicted octanol–water partition coefficient (Wildman–Crippen LogP) is 2.35. The molecule has 20 heavy (non-hydrogen) atoms. The first-order valence-electron chi connectivity index (χ1n) is 6.68. The number of hydrogen-bond donors (Lipinski definition) is 1. The molecule has 1 aromatic heterocycles. The van der Waals surface area contributed by atoms with Gasteiger partial charge in [0, 0.05) is 26.0 Å². The van der Waals surface area contributed by atoms with E-state index in [1.165, 1.54) is 11.8 Å². The van der Waals surface area contributed by atoms with Gasteiger partial charge in [-0.15, -0.1) is 0 Å². The van der Waals surface area contributed by atoms with E-state index in [1.54, 1.807) is 13.2 Å². The van der Waals surface area contributed by atoms with Gasteiger partial charge in [-0.3, -0.25) is 4.79 Å². The fourth-order valence-corrected chi connectivity index (χ4v) is 3.16. The van der Waals surface area contributed by atoms with E-state index in [1.807, 2.05) is 41.1 Å². The zero-order valence-corrected chi connectivity index (χ0v) is 12.6. The summed E-state index contributed by atoms with van der Waals surface area (Å²) in [4.78, 5) is 16.4. The van der Waals surface area contributed by atoms with Gasteiger partial charge < -0.3 is 9.88 Å². The maximum atomic E-state index is 12.1. The van der Waals surface area contributed by atoms with E-state index in [-0.39, 0.29) is 11.2 Å². The molecule has 0 radical (unpaired) electrons. The molecular formula is C15H19N3OS. The molecule has 0 fully saturated rings. The van der Waals surface area contributed by atoms with Crippen LogP contribution in [0.2, 0.25) is 0 Å². The summed E-state index contributed by atoms with van der Waals surface area (Å²) < 4.78 is 2.05. The number of carbonyl (C=O) groups is 1. The van der Waals surface area contributed by atoms with Gasteiger partial charge in [0.05, 0.1) is 5.25 Å². The van der Waals surface area contributed by atoms with E-state index in [2.05, 4.69) is 17.2 Å². The van der Waals surface area contributed by atoms with Crippen LogP contribution in [0.25, 0.3) is 0 Å². The molecule has 0 spiro atoms. The van der Waals surface area contributed by atoms with Crippen molar-refractivity contribution >= 4 is 17.7 Å². The molecule has 5 heteroatoms. The topological polar surface area (TPSA) is 46.9 Å². The van der Waals surface area contributed by atoms with Gasteiger partial charge in [0.15, 0.2) is 5.16 Å². The molecule has 1 N–H and O–H groups in total. The Hall–Kier alpha value is -1.75. The number of amides is 1. The average Bonchev–Trinajstić information content (AvgIpc) is 2.94. The van der Waals surface area contributed by atoms with E-state index in [0.29, 0.717) is 6.42 Å². The number of imidazole rings is 1. The summed E-state index contributed by atoms with van der Waals surface area (Å²) >= 11 is 1.51. The van der Waals surface area contributed by atoms with Crippen LogP contribution < -0.4 is 5.32 Å². The Morgan fingerprint density at radius 1 is 1.40 bits per heavy atom. The Kier molecular flexibility index (Phi) is 5.24. The van der Waals surface area contributed by atoms with Gasteiger partial charge in [-0.1, -0.05) is 42.1 Å². The predicted molar refractivity (Wildman–Crippen MR) is 81.8 cm³/mol. The molecule has 2 rings (SSSR count). The largest absolute Gasteiger partial charge is 0.358 e. The van der Waals surface area contributed by atoms with Crippen molar-refractivity contribution in [2.24, 2.45) is 0 Å². The second kappa shape index (κ2) is 7.14. The lowest BCUT2D eigenvalue weighted by atomic mass is 10.1. The minimum absolute atomic E-state index is 0.0320. The second-order valence-electron chi connectivity index (χ2n) is 4.41. The summed E-state index contributed by atoms with van der Waals surface area (Å²) in [5, 5.41) is 3.45. The molecular weight excluding hydrogens is 270 g/mol. The van der Waals surface area contributed by atoms with Gasteiger partial charge in [0.1, 0.15) is 0 Å². The number of thioether (sulfide) groups is 1. The van der Waals surface area contributed by atoms with Crippen LogP contribution in [0.1, 0.15) is 12.5 Å². The average molecular weight is 289 g/mol. The van der Waals surface area contributed by atoms with Crippen LogP contribution >= 0.6 is 11.8 Å². The second-order valence-corrected chi connectivity index (χ2v) is 5.58. The van der Waals surface area contributed by atoms with Crippen molar-refractivity contribution in [2.75, 3.05) is 7.05 Å². The number of aromatic nitrogens is 2. The molecule has 2 aromatic rings. The SMILES string of the molecule is CCn1ccnc1S[C@@H](Cc1ccccc1)C(=O)NC. The summed E-state index contributed by atoms with van der Waals surface area (Å²) in [5.74, 6) is 0.0320. The highest BCUT2D eigenvalue weighted by Crippen LogP contribution is 2.24. The molecule has 1 heterocycles. The Bertz CT molecular complexity index is 553. The molecule has 0 bridgehead atoms. The Balaban J connectivity index is 2.14. The highest BCUT2D eigenvalue weighted by atomic mass is 32.2. The smallest absolute Gasteiger partial charge is 0.233 e. The number of nitrogens with zero attached hydrogens (tertiary/aromatic N) is 2. The Morgan fingerprint density at radius 3 is 2.80 bits per heavy atom. The lowest BCUT2D eigenvalue weighted by Crippen LogP contribution is -2.31. The molecule has 4 nitrogen and oxygen atoms in total. The highest BCUT2D eigenvalue weighted by molar-refractivity contribution is 8.00. The van der Waals surface area contributed by atoms with Crippen LogP contribution in [0.5, 0.6) is 0 Å². The molecule has 0 aliphatic heterocycles. The molecule has 0 unspecified atom stereocenters. The van der Waals surface area contributed by atoms with Crippen LogP contribution in [-0.4, -0.2) is 27.8 Å². The fourth-order valence-electron chi connectivity index (χ4n) is 1.96. The third-order valence-electron chi connectivity index (χ3n) is 3.07. The number of hydrogen-bond acceptors (Lipinski definition) is 3. The van der Waals surface area contributed by atoms with E-state index in [4.69, 9.17) is 0 Å². The number of nitrogens with one attached hydrogen (secondary N) is 1. The maximum absolute atomic E-state index is 12.1. The van der Waals surface area contributed by atoms with Crippen molar-refractivity contribution in [2.45, 2.75) is 30.3 Å². The summed E-state index contributed by atoms with van der Waals surface area (Å²) in [7, 11) is 1.67. The quantitative estimate of drug-likeness (QED) is 0.830. The first kappa shape index (κ1) is 14.7. The van der Waals surface area contributed by atoms with Crippen LogP contribution in [0.4, 0.5) is 0 Å². The first-order chi connectivity index (χ1) is 9.74. The number of carbonyl (C=O) groups excluding carboxylic acids is 1. The van der Waals surface area contributed by atoms with Gasteiger partial charge in [-0.25, -0.2) is 4.98 Å². The highest BCUT2D eigenvalue weighted by Gasteiger charge is 2.21. The minimum atomic E-state index is -0.171. The number of benzene rings is 1. The maximum Gasteiger partial charge on any atom is 0.233 e. The third-order valence-corrected chi connectivity index (χ3v) is 4.28. The summed E-state index contributed by atoms with van der Waals surface area (Å²) in [5.41, 5.74) is 1.16. The van der Waals surface area contributed by atoms with Gasteiger partial charge in [0.25, 0.3) is 0 Å². The van der Waals surface area contributed by atoms with E-state index < -0.39 is 0 Å². The summed E-state index contributed by atoms with van der Waals surface area (Å²) in [6.07, 6.45) is 4.41. The first-order valence-corrected chi connectivity index (χ1v) is 7.56. The molecule has 1 amide bonds. The number of rotatable bonds is 6. The summed E-state index contributed by atoms with van der Waals surface area (Å²) in [6.45, 7) is 2.92. The lowest BCUT2D eigenvalue weighted by molar-refractivity contribution is -0.120. The fraction of sp³-hybridized carbons (Fsp3) is 0.333. The van der Waals surface area contributed by atoms with Crippen molar-refractivity contribution in [3.05, 3.63) is 48.3 Å². The van der Waals surface area contributed by atoms with Crippen molar-refractivity contribution in [3.8, 4) is 0 Å². The molecule has 0 aliphatic rings. The van der Waals surface area contributed by atoms with Crippen LogP contribution in [-0.2, 0) is 17.8 Å². The standard InChI is InChI=1S/C15H19N3OS/c1-3-18-10-9-17-15(18)20-13(14(19)16-2)11-12-7-5-4-6-8-12/h4-10,13H,3,11H2,1-2H3,(H,16,19)/t13-/m0/s1. The van der Waals surface area contributed by atoms with Crippen molar-refractivity contribution in [1.82, 2.24) is 14.9 Å². The Labute approximate surface area is 123 Å². The van der Waals surface area contributed by atoms with E-state index in [0.717, 1.165) is 17.3 Å². The zero-order valence-electron chi connectivity index (χ0n) is 11.7. The van der Waals surface area contributed by atoms with E-state index >= 15 is 0 Å². The molecule has 0 saturated heterocycles. The molecule has 106 valence electrons. The molecule has 0 aliphatic carbocycles. The molecule has 0 saturated carbocycles. The minimum Gasteiger partial charge on any atom is -0.358 e. The Morgan fingerprint density at radius 2 is 2.15 bits per heavy atom. The van der Waals surface area contributed by atoms with E-state index in [9.17, 15) is 4.79 Å². The molecule has 1 atom stereocenters. The third kappa shape index (κ3) is 3.63. The lowest BCUT2D eigenvalue weighted by Gasteiger charge is -2.15. The zero-order chi connectivity index (χ0) is 14.4. The van der Waals surface area contributed by atoms with Crippen molar-refractivity contribution < 1.29 is 4.79 Å². The van der Waals surface area contributed by atoms with Crippen LogP contribution in [0.3, 0.4) is 0 Å².